The Balaban J connectivity index is 0.00000312. The van der Waals surface area contributed by atoms with E-state index in [4.69, 9.17) is 9.26 Å². The number of nitrogens with one attached hydrogen (secondary N) is 2. The third-order valence-electron chi connectivity index (χ3n) is 5.20. The van der Waals surface area contributed by atoms with Crippen molar-refractivity contribution in [1.29, 1.82) is 0 Å². The van der Waals surface area contributed by atoms with Crippen molar-refractivity contribution in [1.82, 2.24) is 15.8 Å². The molecule has 0 atom stereocenters. The number of ether oxygens (including phenoxy) is 1. The quantitative estimate of drug-likeness (QED) is 0.351. The van der Waals surface area contributed by atoms with Crippen LogP contribution in [0, 0.1) is 19.3 Å². The van der Waals surface area contributed by atoms with Gasteiger partial charge >= 0.3 is 0 Å². The van der Waals surface area contributed by atoms with Crippen molar-refractivity contribution in [3.8, 4) is 0 Å². The van der Waals surface area contributed by atoms with Crippen molar-refractivity contribution < 1.29 is 9.26 Å². The van der Waals surface area contributed by atoms with E-state index >= 15 is 0 Å². The Morgan fingerprint density at radius 3 is 2.56 bits per heavy atom. The number of methoxy groups -OCH3 is 1. The highest BCUT2D eigenvalue weighted by Crippen LogP contribution is 2.40. The highest BCUT2D eigenvalue weighted by molar-refractivity contribution is 14.0. The predicted octanol–water partition coefficient (Wildman–Crippen LogP) is 3.21. The average molecular weight is 464 g/mol. The monoisotopic (exact) mass is 464 g/mol. The number of nitrogens with zero attached hydrogens (tertiary/aromatic N) is 2. The van der Waals surface area contributed by atoms with E-state index in [1.54, 1.807) is 7.11 Å². The molecule has 1 fully saturated rings. The molecular weight excluding hydrogens is 431 g/mol. The van der Waals surface area contributed by atoms with Crippen molar-refractivity contribution >= 4 is 29.9 Å². The summed E-state index contributed by atoms with van der Waals surface area (Å²) in [6.07, 6.45) is 7.20. The van der Waals surface area contributed by atoms with Crippen LogP contribution in [0.25, 0.3) is 0 Å². The van der Waals surface area contributed by atoms with Crippen molar-refractivity contribution in [2.24, 2.45) is 10.4 Å². The third-order valence-corrected chi connectivity index (χ3v) is 5.20. The van der Waals surface area contributed by atoms with Gasteiger partial charge in [-0.3, -0.25) is 4.99 Å². The molecule has 2 N–H and O–H groups in total. The summed E-state index contributed by atoms with van der Waals surface area (Å²) in [5.41, 5.74) is 2.52. The van der Waals surface area contributed by atoms with Crippen molar-refractivity contribution in [2.75, 3.05) is 33.9 Å². The van der Waals surface area contributed by atoms with Gasteiger partial charge in [-0.05, 0) is 44.9 Å². The molecule has 1 aromatic rings. The Hall–Kier alpha value is -0.830. The second-order valence-corrected chi connectivity index (χ2v) is 6.86. The van der Waals surface area contributed by atoms with Crippen LogP contribution in [0.3, 0.4) is 0 Å². The van der Waals surface area contributed by atoms with Gasteiger partial charge in [0.15, 0.2) is 5.96 Å². The first-order chi connectivity index (χ1) is 11.6. The Bertz CT molecular complexity index is 520. The summed E-state index contributed by atoms with van der Waals surface area (Å²) in [7, 11) is 3.60. The van der Waals surface area contributed by atoms with Gasteiger partial charge in [0.2, 0.25) is 0 Å². The summed E-state index contributed by atoms with van der Waals surface area (Å²) in [6, 6.07) is 0. The fraction of sp³-hybridized carbons (Fsp3) is 0.778. The fourth-order valence-electron chi connectivity index (χ4n) is 3.62. The Labute approximate surface area is 168 Å². The second-order valence-electron chi connectivity index (χ2n) is 6.86. The van der Waals surface area contributed by atoms with Gasteiger partial charge in [0.1, 0.15) is 5.76 Å². The SMILES string of the molecule is CN=C(NCCc1c(C)noc1C)NCC1(CCOC)CCCC1.I. The Kier molecular flexibility index (Phi) is 9.78. The van der Waals surface area contributed by atoms with Gasteiger partial charge in [0, 0.05) is 39.4 Å². The van der Waals surface area contributed by atoms with Crippen molar-refractivity contribution in [3.05, 3.63) is 17.0 Å². The maximum Gasteiger partial charge on any atom is 0.191 e. The number of rotatable bonds is 8. The number of hydrogen-bond acceptors (Lipinski definition) is 4. The van der Waals surface area contributed by atoms with Crippen molar-refractivity contribution in [2.45, 2.75) is 52.4 Å². The predicted molar refractivity (Wildman–Crippen MR) is 112 cm³/mol. The van der Waals surface area contributed by atoms with E-state index in [1.807, 2.05) is 20.9 Å². The van der Waals surface area contributed by atoms with E-state index in [1.165, 1.54) is 31.2 Å². The van der Waals surface area contributed by atoms with Crippen LogP contribution in [-0.2, 0) is 11.2 Å². The molecule has 6 nitrogen and oxygen atoms in total. The first kappa shape index (κ1) is 22.2. The summed E-state index contributed by atoms with van der Waals surface area (Å²) >= 11 is 0. The molecule has 7 heteroatoms. The Morgan fingerprint density at radius 2 is 2.00 bits per heavy atom. The van der Waals surface area contributed by atoms with Crippen LogP contribution in [0.2, 0.25) is 0 Å². The van der Waals surface area contributed by atoms with Gasteiger partial charge in [-0.25, -0.2) is 0 Å². The molecule has 0 aliphatic heterocycles. The lowest BCUT2D eigenvalue weighted by molar-refractivity contribution is 0.138. The zero-order chi connectivity index (χ0) is 17.4. The minimum Gasteiger partial charge on any atom is -0.385 e. The normalized spacial score (nSPS) is 16.6. The maximum absolute atomic E-state index is 5.30. The van der Waals surface area contributed by atoms with Crippen molar-refractivity contribution in [3.63, 3.8) is 0 Å². The number of hydrogen-bond donors (Lipinski definition) is 2. The molecule has 1 aliphatic carbocycles. The van der Waals surface area contributed by atoms with Gasteiger partial charge in [-0.1, -0.05) is 18.0 Å². The van der Waals surface area contributed by atoms with Crippen LogP contribution in [0.15, 0.2) is 9.52 Å². The highest BCUT2D eigenvalue weighted by Gasteiger charge is 2.33. The van der Waals surface area contributed by atoms with Gasteiger partial charge in [0.25, 0.3) is 0 Å². The smallest absolute Gasteiger partial charge is 0.191 e. The first-order valence-corrected chi connectivity index (χ1v) is 8.95. The molecule has 1 aliphatic rings. The molecular formula is C18H33IN4O2. The molecule has 1 saturated carbocycles. The summed E-state index contributed by atoms with van der Waals surface area (Å²) in [5, 5.41) is 10.9. The molecule has 0 bridgehead atoms. The summed E-state index contributed by atoms with van der Waals surface area (Å²) < 4.78 is 10.5. The molecule has 1 heterocycles. The van der Waals surface area contributed by atoms with E-state index in [-0.39, 0.29) is 24.0 Å². The van der Waals surface area contributed by atoms with E-state index in [2.05, 4.69) is 20.8 Å². The van der Waals surface area contributed by atoms with Crippen LogP contribution < -0.4 is 10.6 Å². The molecule has 0 radical (unpaired) electrons. The lowest BCUT2D eigenvalue weighted by atomic mass is 9.83. The minimum absolute atomic E-state index is 0. The molecule has 2 rings (SSSR count). The molecule has 0 spiro atoms. The topological polar surface area (TPSA) is 71.7 Å². The number of aromatic nitrogens is 1. The van der Waals surface area contributed by atoms with Crippen LogP contribution in [0.4, 0.5) is 0 Å². The number of aryl methyl sites for hydroxylation is 2. The molecule has 25 heavy (non-hydrogen) atoms. The summed E-state index contributed by atoms with van der Waals surface area (Å²) in [5.74, 6) is 1.77. The number of halogens is 1. The lowest BCUT2D eigenvalue weighted by Crippen LogP contribution is -2.44. The second kappa shape index (κ2) is 11.0. The zero-order valence-electron chi connectivity index (χ0n) is 16.0. The molecule has 1 aromatic heterocycles. The van der Waals surface area contributed by atoms with E-state index in [9.17, 15) is 0 Å². The van der Waals surface area contributed by atoms with E-state index < -0.39 is 0 Å². The lowest BCUT2D eigenvalue weighted by Gasteiger charge is -2.30. The minimum atomic E-state index is 0. The van der Waals surface area contributed by atoms with Crippen LogP contribution in [0.5, 0.6) is 0 Å². The Morgan fingerprint density at radius 1 is 1.28 bits per heavy atom. The molecule has 0 amide bonds. The molecule has 0 unspecified atom stereocenters. The first-order valence-electron chi connectivity index (χ1n) is 8.95. The van der Waals surface area contributed by atoms with E-state index in [0.29, 0.717) is 5.41 Å². The largest absolute Gasteiger partial charge is 0.385 e. The van der Waals surface area contributed by atoms with Gasteiger partial charge in [-0.2, -0.15) is 0 Å². The molecule has 144 valence electrons. The summed E-state index contributed by atoms with van der Waals surface area (Å²) in [6.45, 7) is 6.55. The number of guanidine groups is 1. The highest BCUT2D eigenvalue weighted by atomic mass is 127. The number of aliphatic imine (C=N–C) groups is 1. The van der Waals surface area contributed by atoms with Crippen LogP contribution >= 0.6 is 24.0 Å². The van der Waals surface area contributed by atoms with Gasteiger partial charge < -0.3 is 19.9 Å². The van der Waals surface area contributed by atoms with Crippen LogP contribution in [0.1, 0.15) is 49.1 Å². The third kappa shape index (κ3) is 6.44. The van der Waals surface area contributed by atoms with Gasteiger partial charge in [0.05, 0.1) is 5.69 Å². The molecule has 0 saturated heterocycles. The van der Waals surface area contributed by atoms with Crippen LogP contribution in [-0.4, -0.2) is 45.0 Å². The zero-order valence-corrected chi connectivity index (χ0v) is 18.3. The summed E-state index contributed by atoms with van der Waals surface area (Å²) in [4.78, 5) is 4.35. The van der Waals surface area contributed by atoms with E-state index in [0.717, 1.165) is 50.0 Å². The fourth-order valence-corrected chi connectivity index (χ4v) is 3.62. The average Bonchev–Trinajstić information content (AvgIpc) is 3.18. The maximum atomic E-state index is 5.30. The van der Waals surface area contributed by atoms with Gasteiger partial charge in [-0.15, -0.1) is 24.0 Å². The molecule has 0 aromatic carbocycles. The standard InChI is InChI=1S/C18H32N4O2.HI/c1-14-16(15(2)24-22-14)7-11-20-17(19-3)21-13-18(10-12-23-4)8-5-6-9-18;/h5-13H2,1-4H3,(H2,19,20,21);1H.